The van der Waals surface area contributed by atoms with Crippen molar-refractivity contribution in [3.8, 4) is 11.5 Å². The van der Waals surface area contributed by atoms with Crippen LogP contribution in [0.25, 0.3) is 0 Å². The van der Waals surface area contributed by atoms with Gasteiger partial charge in [-0.1, -0.05) is 12.1 Å². The van der Waals surface area contributed by atoms with Gasteiger partial charge in [-0.05, 0) is 35.6 Å². The zero-order valence-corrected chi connectivity index (χ0v) is 14.4. The highest BCUT2D eigenvalue weighted by molar-refractivity contribution is 7.12. The van der Waals surface area contributed by atoms with Crippen molar-refractivity contribution >= 4 is 23.2 Å². The minimum absolute atomic E-state index is 0.149. The molecule has 1 heterocycles. The van der Waals surface area contributed by atoms with E-state index >= 15 is 0 Å². The minimum Gasteiger partial charge on any atom is -0.497 e. The van der Waals surface area contributed by atoms with Crippen molar-refractivity contribution in [2.24, 2.45) is 0 Å². The fraction of sp³-hybridized carbons (Fsp3) is 0.294. The van der Waals surface area contributed by atoms with Crippen molar-refractivity contribution in [2.45, 2.75) is 6.42 Å². The fourth-order valence-corrected chi connectivity index (χ4v) is 2.74. The second-order valence-corrected chi connectivity index (χ2v) is 5.76. The number of nitrogens with one attached hydrogen (secondary N) is 1. The SMILES string of the molecule is COC(=O)c1sccc1OCC(=O)NCCc1ccc(OC)cc1. The molecule has 2 aromatic rings. The van der Waals surface area contributed by atoms with Gasteiger partial charge in [0.1, 0.15) is 11.5 Å². The first-order valence-electron chi connectivity index (χ1n) is 7.32. The lowest BCUT2D eigenvalue weighted by molar-refractivity contribution is -0.123. The largest absolute Gasteiger partial charge is 0.497 e. The average molecular weight is 349 g/mol. The number of carbonyl (C=O) groups is 2. The number of ether oxygens (including phenoxy) is 3. The first-order valence-corrected chi connectivity index (χ1v) is 8.20. The molecular formula is C17H19NO5S. The number of carbonyl (C=O) groups excluding carboxylic acids is 2. The van der Waals surface area contributed by atoms with E-state index < -0.39 is 5.97 Å². The number of hydrogen-bond acceptors (Lipinski definition) is 6. The Morgan fingerprint density at radius 2 is 1.88 bits per heavy atom. The van der Waals surface area contributed by atoms with Gasteiger partial charge < -0.3 is 19.5 Å². The second kappa shape index (κ2) is 8.93. The molecular weight excluding hydrogens is 330 g/mol. The Hall–Kier alpha value is -2.54. The van der Waals surface area contributed by atoms with Gasteiger partial charge in [-0.15, -0.1) is 11.3 Å². The molecule has 1 aromatic carbocycles. The summed E-state index contributed by atoms with van der Waals surface area (Å²) >= 11 is 1.21. The molecule has 0 radical (unpaired) electrons. The van der Waals surface area contributed by atoms with Crippen LogP contribution in [-0.4, -0.2) is 39.2 Å². The number of thiophene rings is 1. The predicted octanol–water partition coefficient (Wildman–Crippen LogP) is 2.28. The van der Waals surface area contributed by atoms with Crippen LogP contribution >= 0.6 is 11.3 Å². The van der Waals surface area contributed by atoms with Crippen LogP contribution in [0.3, 0.4) is 0 Å². The van der Waals surface area contributed by atoms with Gasteiger partial charge in [-0.25, -0.2) is 4.79 Å². The Balaban J connectivity index is 1.73. The summed E-state index contributed by atoms with van der Waals surface area (Å²) in [7, 11) is 2.92. The van der Waals surface area contributed by atoms with Crippen LogP contribution in [0.15, 0.2) is 35.7 Å². The smallest absolute Gasteiger partial charge is 0.351 e. The normalized spacial score (nSPS) is 10.1. The molecule has 24 heavy (non-hydrogen) atoms. The summed E-state index contributed by atoms with van der Waals surface area (Å²) in [5.74, 6) is 0.441. The molecule has 128 valence electrons. The fourth-order valence-electron chi connectivity index (χ4n) is 1.99. The summed E-state index contributed by atoms with van der Waals surface area (Å²) in [6, 6.07) is 9.31. The molecule has 0 atom stereocenters. The zero-order chi connectivity index (χ0) is 17.4. The third-order valence-corrected chi connectivity index (χ3v) is 4.13. The van der Waals surface area contributed by atoms with E-state index in [2.05, 4.69) is 10.1 Å². The van der Waals surface area contributed by atoms with Gasteiger partial charge in [-0.2, -0.15) is 0 Å². The quantitative estimate of drug-likeness (QED) is 0.740. The van der Waals surface area contributed by atoms with Gasteiger partial charge in [0.25, 0.3) is 5.91 Å². The standard InChI is InChI=1S/C17H19NO5S/c1-21-13-5-3-12(4-6-13)7-9-18-15(19)11-23-14-8-10-24-16(14)17(20)22-2/h3-6,8,10H,7,9,11H2,1-2H3,(H,18,19). The Morgan fingerprint density at radius 1 is 1.12 bits per heavy atom. The number of benzene rings is 1. The van der Waals surface area contributed by atoms with Crippen molar-refractivity contribution < 1.29 is 23.8 Å². The van der Waals surface area contributed by atoms with Gasteiger partial charge in [-0.3, -0.25) is 4.79 Å². The molecule has 1 aromatic heterocycles. The Labute approximate surface area is 144 Å². The van der Waals surface area contributed by atoms with Crippen LogP contribution in [0.1, 0.15) is 15.2 Å². The van der Waals surface area contributed by atoms with Gasteiger partial charge >= 0.3 is 5.97 Å². The molecule has 1 N–H and O–H groups in total. The lowest BCUT2D eigenvalue weighted by atomic mass is 10.1. The molecule has 0 unspecified atom stereocenters. The summed E-state index contributed by atoms with van der Waals surface area (Å²) in [5, 5.41) is 4.49. The zero-order valence-electron chi connectivity index (χ0n) is 13.5. The molecule has 1 amide bonds. The maximum atomic E-state index is 11.8. The van der Waals surface area contributed by atoms with Crippen LogP contribution < -0.4 is 14.8 Å². The Bertz CT molecular complexity index is 681. The summed E-state index contributed by atoms with van der Waals surface area (Å²) in [6.45, 7) is 0.353. The molecule has 7 heteroatoms. The van der Waals surface area contributed by atoms with Gasteiger partial charge in [0, 0.05) is 6.54 Å². The number of hydrogen-bond donors (Lipinski definition) is 1. The predicted molar refractivity (Wildman–Crippen MR) is 90.9 cm³/mol. The highest BCUT2D eigenvalue weighted by Crippen LogP contribution is 2.25. The number of amides is 1. The van der Waals surface area contributed by atoms with Crippen LogP contribution in [0.2, 0.25) is 0 Å². The second-order valence-electron chi connectivity index (χ2n) is 4.84. The van der Waals surface area contributed by atoms with Crippen LogP contribution in [-0.2, 0) is 16.0 Å². The molecule has 2 rings (SSSR count). The Kier molecular flexibility index (Phi) is 6.62. The highest BCUT2D eigenvalue weighted by Gasteiger charge is 2.15. The topological polar surface area (TPSA) is 73.9 Å². The first kappa shape index (κ1) is 17.8. The van der Waals surface area contributed by atoms with Crippen LogP contribution in [0.5, 0.6) is 11.5 Å². The summed E-state index contributed by atoms with van der Waals surface area (Å²) in [6.07, 6.45) is 0.710. The van der Waals surface area contributed by atoms with Gasteiger partial charge in [0.15, 0.2) is 11.5 Å². The molecule has 0 fully saturated rings. The van der Waals surface area contributed by atoms with Crippen molar-refractivity contribution in [1.82, 2.24) is 5.32 Å². The summed E-state index contributed by atoms with van der Waals surface area (Å²) < 4.78 is 15.1. The third kappa shape index (κ3) is 4.99. The van der Waals surface area contributed by atoms with Crippen molar-refractivity contribution in [3.63, 3.8) is 0 Å². The summed E-state index contributed by atoms with van der Waals surface area (Å²) in [5.41, 5.74) is 1.10. The third-order valence-electron chi connectivity index (χ3n) is 3.25. The molecule has 0 spiro atoms. The van der Waals surface area contributed by atoms with Gasteiger partial charge in [0.05, 0.1) is 14.2 Å². The van der Waals surface area contributed by atoms with Crippen LogP contribution in [0, 0.1) is 0 Å². The van der Waals surface area contributed by atoms with E-state index in [4.69, 9.17) is 9.47 Å². The van der Waals surface area contributed by atoms with E-state index in [-0.39, 0.29) is 12.5 Å². The van der Waals surface area contributed by atoms with E-state index in [1.807, 2.05) is 24.3 Å². The number of rotatable bonds is 8. The van der Waals surface area contributed by atoms with Gasteiger partial charge in [0.2, 0.25) is 0 Å². The van der Waals surface area contributed by atoms with E-state index in [0.717, 1.165) is 11.3 Å². The van der Waals surface area contributed by atoms with E-state index in [0.29, 0.717) is 23.6 Å². The lowest BCUT2D eigenvalue weighted by Crippen LogP contribution is -2.30. The highest BCUT2D eigenvalue weighted by atomic mass is 32.1. The van der Waals surface area contributed by atoms with Crippen molar-refractivity contribution in [1.29, 1.82) is 0 Å². The van der Waals surface area contributed by atoms with E-state index in [1.54, 1.807) is 18.6 Å². The number of esters is 1. The number of methoxy groups -OCH3 is 2. The molecule has 0 saturated carbocycles. The van der Waals surface area contributed by atoms with E-state index in [9.17, 15) is 9.59 Å². The molecule has 0 bridgehead atoms. The van der Waals surface area contributed by atoms with E-state index in [1.165, 1.54) is 18.4 Å². The van der Waals surface area contributed by atoms with Crippen molar-refractivity contribution in [3.05, 3.63) is 46.2 Å². The first-order chi connectivity index (χ1) is 11.6. The molecule has 0 saturated heterocycles. The molecule has 0 aliphatic carbocycles. The lowest BCUT2D eigenvalue weighted by Gasteiger charge is -2.08. The molecule has 0 aliphatic heterocycles. The molecule has 0 aliphatic rings. The maximum Gasteiger partial charge on any atom is 0.351 e. The van der Waals surface area contributed by atoms with Crippen LogP contribution in [0.4, 0.5) is 0 Å². The average Bonchev–Trinajstić information content (AvgIpc) is 3.08. The molecule has 6 nitrogen and oxygen atoms in total. The Morgan fingerprint density at radius 3 is 2.54 bits per heavy atom. The minimum atomic E-state index is -0.472. The monoisotopic (exact) mass is 349 g/mol. The van der Waals surface area contributed by atoms with Crippen molar-refractivity contribution in [2.75, 3.05) is 27.4 Å². The summed E-state index contributed by atoms with van der Waals surface area (Å²) in [4.78, 5) is 23.7. The maximum absolute atomic E-state index is 11.8.